The smallest absolute Gasteiger partial charge is 0.314 e. The number of esters is 1. The van der Waals surface area contributed by atoms with Gasteiger partial charge in [0, 0.05) is 13.1 Å². The van der Waals surface area contributed by atoms with E-state index in [1.54, 1.807) is 0 Å². The maximum Gasteiger partial charge on any atom is 0.314 e. The van der Waals surface area contributed by atoms with Gasteiger partial charge < -0.3 is 4.74 Å². The van der Waals surface area contributed by atoms with E-state index < -0.39 is 0 Å². The first kappa shape index (κ1) is 17.2. The molecule has 3 atom stereocenters. The topological polar surface area (TPSA) is 29.5 Å². The minimum Gasteiger partial charge on any atom is -0.464 e. The summed E-state index contributed by atoms with van der Waals surface area (Å²) >= 11 is 0. The van der Waals surface area contributed by atoms with Crippen molar-refractivity contribution in [1.82, 2.24) is 4.90 Å². The Labute approximate surface area is 145 Å². The molecule has 0 unspecified atom stereocenters. The van der Waals surface area contributed by atoms with Crippen LogP contribution >= 0.6 is 0 Å². The van der Waals surface area contributed by atoms with Crippen molar-refractivity contribution in [2.45, 2.75) is 38.5 Å². The highest BCUT2D eigenvalue weighted by Crippen LogP contribution is 2.33. The first-order valence-electron chi connectivity index (χ1n) is 9.34. The monoisotopic (exact) mass is 327 g/mol. The van der Waals surface area contributed by atoms with Gasteiger partial charge >= 0.3 is 5.97 Å². The zero-order valence-electron chi connectivity index (χ0n) is 14.7. The molecule has 0 saturated carbocycles. The van der Waals surface area contributed by atoms with E-state index in [1.165, 1.54) is 6.42 Å². The van der Waals surface area contributed by atoms with E-state index in [9.17, 15) is 4.79 Å². The van der Waals surface area contributed by atoms with Crippen LogP contribution in [0.1, 0.15) is 44.1 Å². The van der Waals surface area contributed by atoms with E-state index in [0.717, 1.165) is 50.4 Å². The molecule has 24 heavy (non-hydrogen) atoms. The number of rotatable bonds is 6. The highest BCUT2D eigenvalue weighted by molar-refractivity contribution is 5.79. The number of carbonyl (C=O) groups is 1. The van der Waals surface area contributed by atoms with E-state index in [4.69, 9.17) is 4.74 Å². The SMILES string of the molecule is C[C@@H]1CCN(CCOC(=O)[C@@H](c2ccccc2)[C@H]2C=CCCC2)C1. The summed E-state index contributed by atoms with van der Waals surface area (Å²) < 4.78 is 5.69. The van der Waals surface area contributed by atoms with Crippen molar-refractivity contribution in [3.05, 3.63) is 48.0 Å². The molecule has 1 aliphatic carbocycles. The molecule has 0 spiro atoms. The first-order valence-corrected chi connectivity index (χ1v) is 9.34. The third-order valence-corrected chi connectivity index (χ3v) is 5.29. The summed E-state index contributed by atoms with van der Waals surface area (Å²) in [6.07, 6.45) is 9.03. The summed E-state index contributed by atoms with van der Waals surface area (Å²) in [5.74, 6) is 0.802. The summed E-state index contributed by atoms with van der Waals surface area (Å²) in [5, 5.41) is 0. The third kappa shape index (κ3) is 4.47. The lowest BCUT2D eigenvalue weighted by Crippen LogP contribution is -2.29. The van der Waals surface area contributed by atoms with Crippen LogP contribution in [-0.4, -0.2) is 37.1 Å². The molecule has 1 heterocycles. The number of carbonyl (C=O) groups excluding carboxylic acids is 1. The van der Waals surface area contributed by atoms with Crippen molar-refractivity contribution in [3.8, 4) is 0 Å². The van der Waals surface area contributed by atoms with Crippen LogP contribution in [0.15, 0.2) is 42.5 Å². The van der Waals surface area contributed by atoms with Crippen molar-refractivity contribution in [3.63, 3.8) is 0 Å². The second kappa shape index (κ2) is 8.48. The minimum atomic E-state index is -0.166. The molecule has 130 valence electrons. The Morgan fingerprint density at radius 2 is 2.12 bits per heavy atom. The minimum absolute atomic E-state index is 0.0648. The van der Waals surface area contributed by atoms with Crippen LogP contribution in [0.5, 0.6) is 0 Å². The Bertz CT molecular complexity index is 554. The van der Waals surface area contributed by atoms with Gasteiger partial charge in [0.15, 0.2) is 0 Å². The molecular weight excluding hydrogens is 298 g/mol. The average molecular weight is 327 g/mol. The number of likely N-dealkylation sites (tertiary alicyclic amines) is 1. The lowest BCUT2D eigenvalue weighted by atomic mass is 9.80. The zero-order valence-corrected chi connectivity index (χ0v) is 14.7. The van der Waals surface area contributed by atoms with Gasteiger partial charge in [0.2, 0.25) is 0 Å². The third-order valence-electron chi connectivity index (χ3n) is 5.29. The Morgan fingerprint density at radius 1 is 1.29 bits per heavy atom. The number of nitrogens with zero attached hydrogens (tertiary/aromatic N) is 1. The van der Waals surface area contributed by atoms with Gasteiger partial charge in [0.25, 0.3) is 0 Å². The molecule has 0 amide bonds. The average Bonchev–Trinajstić information content (AvgIpc) is 3.02. The molecule has 0 bridgehead atoms. The van der Waals surface area contributed by atoms with Crippen LogP contribution in [-0.2, 0) is 9.53 Å². The van der Waals surface area contributed by atoms with Gasteiger partial charge in [0.1, 0.15) is 6.61 Å². The van der Waals surface area contributed by atoms with E-state index in [0.29, 0.717) is 6.61 Å². The summed E-state index contributed by atoms with van der Waals surface area (Å²) in [6, 6.07) is 10.1. The predicted octanol–water partition coefficient (Wildman–Crippen LogP) is 4.01. The fourth-order valence-corrected chi connectivity index (χ4v) is 3.93. The van der Waals surface area contributed by atoms with Crippen LogP contribution < -0.4 is 0 Å². The lowest BCUT2D eigenvalue weighted by molar-refractivity contribution is -0.147. The molecule has 2 aliphatic rings. The van der Waals surface area contributed by atoms with Crippen LogP contribution in [0.4, 0.5) is 0 Å². The van der Waals surface area contributed by atoms with E-state index in [2.05, 4.69) is 36.1 Å². The summed E-state index contributed by atoms with van der Waals surface area (Å²) in [5.41, 5.74) is 1.08. The number of allylic oxidation sites excluding steroid dienone is 2. The van der Waals surface area contributed by atoms with Gasteiger partial charge in [-0.15, -0.1) is 0 Å². The highest BCUT2D eigenvalue weighted by atomic mass is 16.5. The fraction of sp³-hybridized carbons (Fsp3) is 0.571. The van der Waals surface area contributed by atoms with Crippen molar-refractivity contribution < 1.29 is 9.53 Å². The first-order chi connectivity index (χ1) is 11.7. The Balaban J connectivity index is 1.60. The number of hydrogen-bond acceptors (Lipinski definition) is 3. The second-order valence-electron chi connectivity index (χ2n) is 7.27. The fourth-order valence-electron chi connectivity index (χ4n) is 3.93. The quantitative estimate of drug-likeness (QED) is 0.584. The molecule has 3 heteroatoms. The van der Waals surface area contributed by atoms with E-state index in [1.807, 2.05) is 18.2 Å². The second-order valence-corrected chi connectivity index (χ2v) is 7.27. The van der Waals surface area contributed by atoms with Gasteiger partial charge in [-0.25, -0.2) is 0 Å². The molecule has 1 aromatic carbocycles. The molecule has 1 saturated heterocycles. The number of ether oxygens (including phenoxy) is 1. The predicted molar refractivity (Wildman–Crippen MR) is 96.8 cm³/mol. The summed E-state index contributed by atoms with van der Waals surface area (Å²) in [6.45, 7) is 5.91. The molecule has 0 radical (unpaired) electrons. The Kier molecular flexibility index (Phi) is 6.08. The molecular formula is C21H29NO2. The molecule has 1 fully saturated rings. The van der Waals surface area contributed by atoms with Crippen molar-refractivity contribution >= 4 is 5.97 Å². The number of hydrogen-bond donors (Lipinski definition) is 0. The van der Waals surface area contributed by atoms with Crippen molar-refractivity contribution in [2.75, 3.05) is 26.2 Å². The van der Waals surface area contributed by atoms with Crippen LogP contribution in [0.25, 0.3) is 0 Å². The maximum absolute atomic E-state index is 12.8. The van der Waals surface area contributed by atoms with Gasteiger partial charge in [0.05, 0.1) is 5.92 Å². The highest BCUT2D eigenvalue weighted by Gasteiger charge is 2.30. The van der Waals surface area contributed by atoms with Gasteiger partial charge in [-0.2, -0.15) is 0 Å². The van der Waals surface area contributed by atoms with Gasteiger partial charge in [-0.3, -0.25) is 9.69 Å². The number of benzene rings is 1. The lowest BCUT2D eigenvalue weighted by Gasteiger charge is -2.26. The Morgan fingerprint density at radius 3 is 2.79 bits per heavy atom. The van der Waals surface area contributed by atoms with E-state index in [-0.39, 0.29) is 17.8 Å². The maximum atomic E-state index is 12.8. The molecule has 0 N–H and O–H groups in total. The van der Waals surface area contributed by atoms with Crippen molar-refractivity contribution in [2.24, 2.45) is 11.8 Å². The molecule has 3 rings (SSSR count). The van der Waals surface area contributed by atoms with E-state index >= 15 is 0 Å². The van der Waals surface area contributed by atoms with Crippen LogP contribution in [0, 0.1) is 11.8 Å². The van der Waals surface area contributed by atoms with Crippen LogP contribution in [0.2, 0.25) is 0 Å². The summed E-state index contributed by atoms with van der Waals surface area (Å²) in [7, 11) is 0. The molecule has 3 nitrogen and oxygen atoms in total. The molecule has 1 aliphatic heterocycles. The van der Waals surface area contributed by atoms with Gasteiger partial charge in [-0.05, 0) is 49.6 Å². The molecule has 1 aromatic rings. The van der Waals surface area contributed by atoms with Crippen molar-refractivity contribution in [1.29, 1.82) is 0 Å². The van der Waals surface area contributed by atoms with Gasteiger partial charge in [-0.1, -0.05) is 49.4 Å². The zero-order chi connectivity index (χ0) is 16.8. The largest absolute Gasteiger partial charge is 0.464 e. The molecule has 0 aromatic heterocycles. The normalized spacial score (nSPS) is 25.5. The standard InChI is InChI=1S/C21H29NO2/c1-17-12-13-22(16-17)14-15-24-21(23)20(18-8-4-2-5-9-18)19-10-6-3-7-11-19/h2,4-6,8-10,17,19-20H,3,7,11-16H2,1H3/t17-,19+,20+/m1/s1. The summed E-state index contributed by atoms with van der Waals surface area (Å²) in [4.78, 5) is 15.2. The van der Waals surface area contributed by atoms with Crippen LogP contribution in [0.3, 0.4) is 0 Å². The Hall–Kier alpha value is -1.61.